The Morgan fingerprint density at radius 3 is 2.30 bits per heavy atom. The molecule has 1 aromatic heterocycles. The third kappa shape index (κ3) is 7.59. The van der Waals surface area contributed by atoms with Crippen molar-refractivity contribution in [2.75, 3.05) is 44.2 Å². The molecule has 2 aliphatic heterocycles. The molecule has 0 bridgehead atoms. The predicted molar refractivity (Wildman–Crippen MR) is 169 cm³/mol. The molecule has 2 N–H and O–H groups in total. The Hall–Kier alpha value is -3.38. The van der Waals surface area contributed by atoms with E-state index in [1.165, 1.54) is 27.2 Å². The SMILES string of the molecule is Cc1nc(-c2ccccc2)sc1C(=O)N1CCC(F)(F)/C(=C\C(=O)N2CCN(CCC(N)=O)CC2)c2ccccc21.Cl.Cl. The number of rotatable bonds is 6. The van der Waals surface area contributed by atoms with Gasteiger partial charge in [0.05, 0.1) is 11.4 Å². The maximum absolute atomic E-state index is 15.7. The van der Waals surface area contributed by atoms with Gasteiger partial charge in [-0.3, -0.25) is 19.3 Å². The Bertz CT molecular complexity index is 1490. The lowest BCUT2D eigenvalue weighted by molar-refractivity contribution is -0.128. The summed E-state index contributed by atoms with van der Waals surface area (Å²) in [4.78, 5) is 48.0. The van der Waals surface area contributed by atoms with E-state index in [0.29, 0.717) is 54.0 Å². The number of carbonyl (C=O) groups excluding carboxylic acids is 3. The summed E-state index contributed by atoms with van der Waals surface area (Å²) in [6, 6.07) is 16.0. The van der Waals surface area contributed by atoms with Crippen molar-refractivity contribution >= 4 is 65.1 Å². The molecule has 0 unspecified atom stereocenters. The van der Waals surface area contributed by atoms with Gasteiger partial charge in [0.15, 0.2) is 0 Å². The van der Waals surface area contributed by atoms with Crippen molar-refractivity contribution in [3.63, 3.8) is 0 Å². The Morgan fingerprint density at radius 1 is 0.977 bits per heavy atom. The highest BCUT2D eigenvalue weighted by molar-refractivity contribution is 7.17. The smallest absolute Gasteiger partial charge is 0.275 e. The van der Waals surface area contributed by atoms with E-state index >= 15 is 8.78 Å². The molecule has 5 rings (SSSR count). The number of hydrogen-bond acceptors (Lipinski definition) is 6. The van der Waals surface area contributed by atoms with Crippen molar-refractivity contribution < 1.29 is 23.2 Å². The molecule has 3 aromatic rings. The highest BCUT2D eigenvalue weighted by atomic mass is 35.5. The van der Waals surface area contributed by atoms with Crippen LogP contribution in [-0.4, -0.2) is 77.7 Å². The van der Waals surface area contributed by atoms with Crippen LogP contribution in [0.1, 0.15) is 33.8 Å². The van der Waals surface area contributed by atoms with Crippen LogP contribution in [0.4, 0.5) is 14.5 Å². The van der Waals surface area contributed by atoms with Gasteiger partial charge in [-0.05, 0) is 13.0 Å². The molecular weight excluding hydrogens is 619 g/mol. The first kappa shape index (κ1) is 34.1. The zero-order chi connectivity index (χ0) is 29.1. The summed E-state index contributed by atoms with van der Waals surface area (Å²) in [6.45, 7) is 3.78. The van der Waals surface area contributed by atoms with Crippen LogP contribution in [0.25, 0.3) is 16.1 Å². The summed E-state index contributed by atoms with van der Waals surface area (Å²) in [5.74, 6) is -4.63. The van der Waals surface area contributed by atoms with Crippen molar-refractivity contribution in [1.29, 1.82) is 0 Å². The topological polar surface area (TPSA) is 99.8 Å². The number of aromatic nitrogens is 1. The number of nitrogens with zero attached hydrogens (tertiary/aromatic N) is 4. The van der Waals surface area contributed by atoms with Crippen LogP contribution in [0.2, 0.25) is 0 Å². The lowest BCUT2D eigenvalue weighted by atomic mass is 9.96. The molecule has 0 aliphatic carbocycles. The molecule has 43 heavy (non-hydrogen) atoms. The second-order valence-corrected chi connectivity index (χ2v) is 11.2. The number of anilines is 1. The summed E-state index contributed by atoms with van der Waals surface area (Å²) in [5, 5.41) is 0.681. The Kier molecular flexibility index (Phi) is 11.4. The average molecular weight is 653 g/mol. The van der Waals surface area contributed by atoms with E-state index in [2.05, 4.69) is 4.98 Å². The second kappa shape index (κ2) is 14.4. The zero-order valence-electron chi connectivity index (χ0n) is 23.5. The number of hydrogen-bond donors (Lipinski definition) is 1. The molecule has 13 heteroatoms. The number of fused-ring (bicyclic) bond motifs is 1. The minimum atomic E-state index is -3.33. The number of para-hydroxylation sites is 1. The molecular formula is C30H33Cl2F2N5O3S. The quantitative estimate of drug-likeness (QED) is 0.376. The largest absolute Gasteiger partial charge is 0.370 e. The van der Waals surface area contributed by atoms with Gasteiger partial charge in [0.2, 0.25) is 11.8 Å². The number of carbonyl (C=O) groups is 3. The number of allylic oxidation sites excluding steroid dienone is 1. The van der Waals surface area contributed by atoms with Gasteiger partial charge >= 0.3 is 0 Å². The Morgan fingerprint density at radius 2 is 1.63 bits per heavy atom. The minimum absolute atomic E-state index is 0. The van der Waals surface area contributed by atoms with Crippen LogP contribution in [0.5, 0.6) is 0 Å². The van der Waals surface area contributed by atoms with E-state index in [1.54, 1.807) is 25.1 Å². The molecule has 0 atom stereocenters. The first-order valence-electron chi connectivity index (χ1n) is 13.5. The van der Waals surface area contributed by atoms with Crippen LogP contribution in [0.3, 0.4) is 0 Å². The number of alkyl halides is 2. The maximum atomic E-state index is 15.7. The molecule has 0 saturated carbocycles. The van der Waals surface area contributed by atoms with E-state index in [0.717, 1.165) is 11.6 Å². The van der Waals surface area contributed by atoms with E-state index in [1.807, 2.05) is 35.2 Å². The third-order valence-corrected chi connectivity index (χ3v) is 8.61. The average Bonchev–Trinajstić information content (AvgIpc) is 3.32. The molecule has 2 aromatic carbocycles. The van der Waals surface area contributed by atoms with Crippen molar-refractivity contribution in [2.24, 2.45) is 5.73 Å². The molecule has 3 heterocycles. The number of primary amides is 1. The van der Waals surface area contributed by atoms with E-state index < -0.39 is 35.6 Å². The summed E-state index contributed by atoms with van der Waals surface area (Å²) in [6.07, 6.45) is 0.624. The molecule has 230 valence electrons. The van der Waals surface area contributed by atoms with E-state index in [4.69, 9.17) is 5.73 Å². The fraction of sp³-hybridized carbons (Fsp3) is 0.333. The number of amides is 3. The molecule has 2 aliphatic rings. The third-order valence-electron chi connectivity index (χ3n) is 7.41. The minimum Gasteiger partial charge on any atom is -0.370 e. The van der Waals surface area contributed by atoms with Crippen LogP contribution in [-0.2, 0) is 9.59 Å². The standard InChI is InChI=1S/C30H31F2N5O3S.2ClH/c1-20-27(41-28(34-20)21-7-3-2-4-8-21)29(40)37-14-12-30(31,32)23(22-9-5-6-10-24(22)37)19-26(39)36-17-15-35(16-18-36)13-11-25(33)38;;/h2-10,19H,11-18H2,1H3,(H2,33,38);2*1H/b23-19-;;. The Balaban J connectivity index is 0.00000253. The summed E-state index contributed by atoms with van der Waals surface area (Å²) >= 11 is 1.24. The molecule has 0 spiro atoms. The summed E-state index contributed by atoms with van der Waals surface area (Å²) < 4.78 is 31.4. The van der Waals surface area contributed by atoms with Gasteiger partial charge in [0.25, 0.3) is 11.8 Å². The first-order valence-corrected chi connectivity index (χ1v) is 14.3. The first-order chi connectivity index (χ1) is 19.6. The van der Waals surface area contributed by atoms with E-state index in [-0.39, 0.29) is 43.3 Å². The van der Waals surface area contributed by atoms with Gasteiger partial charge < -0.3 is 15.5 Å². The fourth-order valence-electron chi connectivity index (χ4n) is 5.13. The van der Waals surface area contributed by atoms with Crippen LogP contribution in [0.15, 0.2) is 60.7 Å². The fourth-order valence-corrected chi connectivity index (χ4v) is 6.15. The molecule has 3 amide bonds. The maximum Gasteiger partial charge on any atom is 0.275 e. The van der Waals surface area contributed by atoms with Crippen molar-refractivity contribution in [1.82, 2.24) is 14.8 Å². The van der Waals surface area contributed by atoms with Gasteiger partial charge in [-0.15, -0.1) is 36.2 Å². The molecule has 1 fully saturated rings. The lowest BCUT2D eigenvalue weighted by Crippen LogP contribution is -2.49. The van der Waals surface area contributed by atoms with Crippen molar-refractivity contribution in [3.05, 3.63) is 76.8 Å². The Labute approximate surface area is 265 Å². The van der Waals surface area contributed by atoms with Crippen LogP contribution in [0, 0.1) is 6.92 Å². The van der Waals surface area contributed by atoms with Crippen LogP contribution >= 0.6 is 36.2 Å². The lowest BCUT2D eigenvalue weighted by Gasteiger charge is -2.34. The number of benzene rings is 2. The van der Waals surface area contributed by atoms with Crippen molar-refractivity contribution in [3.8, 4) is 10.6 Å². The second-order valence-electron chi connectivity index (χ2n) is 10.2. The molecule has 1 saturated heterocycles. The van der Waals surface area contributed by atoms with Gasteiger partial charge in [-0.1, -0.05) is 48.5 Å². The highest BCUT2D eigenvalue weighted by Gasteiger charge is 2.42. The van der Waals surface area contributed by atoms with Gasteiger partial charge in [-0.2, -0.15) is 0 Å². The number of piperazine rings is 1. The molecule has 0 radical (unpaired) electrons. The monoisotopic (exact) mass is 651 g/mol. The van der Waals surface area contributed by atoms with Crippen LogP contribution < -0.4 is 10.6 Å². The number of nitrogens with two attached hydrogens (primary N) is 1. The van der Waals surface area contributed by atoms with Gasteiger partial charge in [0.1, 0.15) is 9.88 Å². The number of thiazole rings is 1. The van der Waals surface area contributed by atoms with E-state index in [9.17, 15) is 14.4 Å². The number of aryl methyl sites for hydroxylation is 1. The summed E-state index contributed by atoms with van der Waals surface area (Å²) in [5.41, 5.74) is 6.73. The van der Waals surface area contributed by atoms with Gasteiger partial charge in [-0.25, -0.2) is 13.8 Å². The van der Waals surface area contributed by atoms with Crippen molar-refractivity contribution in [2.45, 2.75) is 25.7 Å². The zero-order valence-corrected chi connectivity index (χ0v) is 26.0. The normalized spacial score (nSPS) is 17.3. The highest BCUT2D eigenvalue weighted by Crippen LogP contribution is 2.44. The summed E-state index contributed by atoms with van der Waals surface area (Å²) in [7, 11) is 0. The predicted octanol–water partition coefficient (Wildman–Crippen LogP) is 5.05. The molecule has 8 nitrogen and oxygen atoms in total. The number of halogens is 4. The van der Waals surface area contributed by atoms with Gasteiger partial charge in [0, 0.05) is 74.9 Å².